The molecule has 104 valence electrons. The zero-order valence-electron chi connectivity index (χ0n) is 11.9. The number of ether oxygens (including phenoxy) is 1. The largest absolute Gasteiger partial charge is 0.375 e. The number of rotatable bonds is 2. The zero-order chi connectivity index (χ0) is 12.4. The molecular weight excluding hydrogens is 222 g/mol. The van der Waals surface area contributed by atoms with E-state index < -0.39 is 0 Å². The van der Waals surface area contributed by atoms with E-state index in [1.807, 2.05) is 0 Å². The minimum atomic E-state index is 0.355. The predicted octanol–water partition coefficient (Wildman–Crippen LogP) is 3.65. The molecule has 18 heavy (non-hydrogen) atoms. The lowest BCUT2D eigenvalue weighted by Gasteiger charge is -2.50. The van der Waals surface area contributed by atoms with Gasteiger partial charge in [0.2, 0.25) is 0 Å². The highest BCUT2D eigenvalue weighted by molar-refractivity contribution is 5.00. The minimum absolute atomic E-state index is 0.355. The van der Waals surface area contributed by atoms with Gasteiger partial charge < -0.3 is 10.1 Å². The highest BCUT2D eigenvalue weighted by atomic mass is 16.5. The summed E-state index contributed by atoms with van der Waals surface area (Å²) in [5.41, 5.74) is 0.355. The van der Waals surface area contributed by atoms with Gasteiger partial charge in [-0.25, -0.2) is 0 Å². The van der Waals surface area contributed by atoms with Crippen molar-refractivity contribution in [3.05, 3.63) is 0 Å². The molecule has 0 amide bonds. The molecule has 3 atom stereocenters. The summed E-state index contributed by atoms with van der Waals surface area (Å²) >= 11 is 0. The molecule has 1 saturated heterocycles. The van der Waals surface area contributed by atoms with Crippen LogP contribution in [0.5, 0.6) is 0 Å². The van der Waals surface area contributed by atoms with Crippen LogP contribution < -0.4 is 5.32 Å². The molecule has 0 radical (unpaired) electrons. The number of hydrogen-bond donors (Lipinski definition) is 1. The Morgan fingerprint density at radius 1 is 1.17 bits per heavy atom. The van der Waals surface area contributed by atoms with Crippen molar-refractivity contribution in [2.75, 3.05) is 6.61 Å². The smallest absolute Gasteiger partial charge is 0.0729 e. The molecule has 1 aliphatic heterocycles. The maximum atomic E-state index is 6.24. The molecule has 2 heteroatoms. The van der Waals surface area contributed by atoms with E-state index in [9.17, 15) is 0 Å². The molecule has 1 N–H and O–H groups in total. The Labute approximate surface area is 112 Å². The van der Waals surface area contributed by atoms with E-state index in [1.165, 1.54) is 64.2 Å². The van der Waals surface area contributed by atoms with Crippen LogP contribution in [0.3, 0.4) is 0 Å². The molecule has 2 saturated carbocycles. The first-order valence-electron chi connectivity index (χ1n) is 8.21. The first-order chi connectivity index (χ1) is 8.81. The first kappa shape index (κ1) is 12.9. The van der Waals surface area contributed by atoms with Crippen LogP contribution in [0.1, 0.15) is 71.1 Å². The summed E-state index contributed by atoms with van der Waals surface area (Å²) in [7, 11) is 0. The fourth-order valence-corrected chi connectivity index (χ4v) is 4.47. The van der Waals surface area contributed by atoms with Crippen LogP contribution >= 0.6 is 0 Å². The lowest BCUT2D eigenvalue weighted by atomic mass is 9.75. The Morgan fingerprint density at radius 3 is 2.78 bits per heavy atom. The van der Waals surface area contributed by atoms with Crippen molar-refractivity contribution in [3.63, 3.8) is 0 Å². The SMILES string of the molecule is CCCC1CCC2OCC3(CCCCC3)NC2C1. The Morgan fingerprint density at radius 2 is 2.00 bits per heavy atom. The lowest BCUT2D eigenvalue weighted by Crippen LogP contribution is -2.64. The number of fused-ring (bicyclic) bond motifs is 1. The van der Waals surface area contributed by atoms with Crippen molar-refractivity contribution in [3.8, 4) is 0 Å². The van der Waals surface area contributed by atoms with E-state index in [2.05, 4.69) is 12.2 Å². The first-order valence-corrected chi connectivity index (χ1v) is 8.21. The highest BCUT2D eigenvalue weighted by Gasteiger charge is 2.43. The zero-order valence-corrected chi connectivity index (χ0v) is 11.9. The van der Waals surface area contributed by atoms with Gasteiger partial charge in [0.15, 0.2) is 0 Å². The highest BCUT2D eigenvalue weighted by Crippen LogP contribution is 2.38. The minimum Gasteiger partial charge on any atom is -0.375 e. The number of morpholine rings is 1. The third kappa shape index (κ3) is 2.60. The molecule has 3 aliphatic rings. The van der Waals surface area contributed by atoms with Crippen molar-refractivity contribution >= 4 is 0 Å². The average Bonchev–Trinajstić information content (AvgIpc) is 2.40. The average molecular weight is 251 g/mol. The van der Waals surface area contributed by atoms with Crippen molar-refractivity contribution in [2.45, 2.75) is 88.8 Å². The Kier molecular flexibility index (Phi) is 3.95. The van der Waals surface area contributed by atoms with Gasteiger partial charge in [0, 0.05) is 11.6 Å². The van der Waals surface area contributed by atoms with Gasteiger partial charge in [0.25, 0.3) is 0 Å². The van der Waals surface area contributed by atoms with Crippen LogP contribution in [0.4, 0.5) is 0 Å². The van der Waals surface area contributed by atoms with Gasteiger partial charge in [0.05, 0.1) is 12.7 Å². The van der Waals surface area contributed by atoms with E-state index in [-0.39, 0.29) is 0 Å². The topological polar surface area (TPSA) is 21.3 Å². The molecule has 0 bridgehead atoms. The summed E-state index contributed by atoms with van der Waals surface area (Å²) in [5.74, 6) is 0.950. The number of hydrogen-bond acceptors (Lipinski definition) is 2. The molecule has 3 rings (SSSR count). The molecule has 1 heterocycles. The summed E-state index contributed by atoms with van der Waals surface area (Å²) in [6, 6.07) is 0.655. The quantitative estimate of drug-likeness (QED) is 0.809. The van der Waals surface area contributed by atoms with Crippen molar-refractivity contribution in [1.82, 2.24) is 5.32 Å². The van der Waals surface area contributed by atoms with E-state index in [4.69, 9.17) is 4.74 Å². The van der Waals surface area contributed by atoms with Gasteiger partial charge in [-0.1, -0.05) is 39.0 Å². The maximum absolute atomic E-state index is 6.24. The molecule has 2 nitrogen and oxygen atoms in total. The fraction of sp³-hybridized carbons (Fsp3) is 1.00. The fourth-order valence-electron chi connectivity index (χ4n) is 4.47. The third-order valence-corrected chi connectivity index (χ3v) is 5.47. The summed E-state index contributed by atoms with van der Waals surface area (Å²) in [6.45, 7) is 3.30. The van der Waals surface area contributed by atoms with Crippen LogP contribution in [0.15, 0.2) is 0 Å². The second kappa shape index (κ2) is 5.50. The standard InChI is InChI=1S/C16H29NO/c1-2-6-13-7-8-15-14(11-13)17-16(12-18-15)9-4-3-5-10-16/h13-15,17H,2-12H2,1H3. The summed E-state index contributed by atoms with van der Waals surface area (Å²) in [4.78, 5) is 0. The molecule has 0 aromatic carbocycles. The number of nitrogens with one attached hydrogen (secondary N) is 1. The van der Waals surface area contributed by atoms with Crippen LogP contribution in [-0.4, -0.2) is 24.3 Å². The van der Waals surface area contributed by atoms with E-state index in [1.54, 1.807) is 0 Å². The Hall–Kier alpha value is -0.0800. The van der Waals surface area contributed by atoms with Gasteiger partial charge in [-0.05, 0) is 38.0 Å². The lowest BCUT2D eigenvalue weighted by molar-refractivity contribution is -0.0948. The molecule has 3 fully saturated rings. The van der Waals surface area contributed by atoms with Crippen LogP contribution in [0.25, 0.3) is 0 Å². The van der Waals surface area contributed by atoms with Gasteiger partial charge in [-0.3, -0.25) is 0 Å². The van der Waals surface area contributed by atoms with E-state index >= 15 is 0 Å². The van der Waals surface area contributed by atoms with Gasteiger partial charge in [-0.2, -0.15) is 0 Å². The second-order valence-corrected chi connectivity index (χ2v) is 6.91. The summed E-state index contributed by atoms with van der Waals surface area (Å²) in [6.07, 6.45) is 14.2. The molecule has 3 unspecified atom stereocenters. The second-order valence-electron chi connectivity index (χ2n) is 6.91. The Balaban J connectivity index is 1.62. The molecule has 1 spiro atoms. The monoisotopic (exact) mass is 251 g/mol. The van der Waals surface area contributed by atoms with Crippen molar-refractivity contribution in [1.29, 1.82) is 0 Å². The van der Waals surface area contributed by atoms with Gasteiger partial charge >= 0.3 is 0 Å². The third-order valence-electron chi connectivity index (χ3n) is 5.47. The summed E-state index contributed by atoms with van der Waals surface area (Å²) < 4.78 is 6.24. The van der Waals surface area contributed by atoms with Crippen molar-refractivity contribution in [2.24, 2.45) is 5.92 Å². The molecule has 0 aromatic rings. The van der Waals surface area contributed by atoms with Crippen LogP contribution in [-0.2, 0) is 4.74 Å². The maximum Gasteiger partial charge on any atom is 0.0729 e. The normalized spacial score (nSPS) is 39.5. The van der Waals surface area contributed by atoms with E-state index in [0.717, 1.165) is 12.5 Å². The van der Waals surface area contributed by atoms with Crippen molar-refractivity contribution < 1.29 is 4.74 Å². The predicted molar refractivity (Wildman–Crippen MR) is 74.7 cm³/mol. The van der Waals surface area contributed by atoms with Crippen LogP contribution in [0.2, 0.25) is 0 Å². The summed E-state index contributed by atoms with van der Waals surface area (Å²) in [5, 5.41) is 4.03. The molecule has 2 aliphatic carbocycles. The van der Waals surface area contributed by atoms with Gasteiger partial charge in [-0.15, -0.1) is 0 Å². The van der Waals surface area contributed by atoms with Gasteiger partial charge in [0.1, 0.15) is 0 Å². The molecule has 0 aromatic heterocycles. The molecular formula is C16H29NO. The van der Waals surface area contributed by atoms with E-state index in [0.29, 0.717) is 17.7 Å². The van der Waals surface area contributed by atoms with Crippen LogP contribution in [0, 0.1) is 5.92 Å². The Bertz CT molecular complexity index is 272.